The van der Waals surface area contributed by atoms with Crippen LogP contribution in [0.5, 0.6) is 0 Å². The number of nitrogens with zero attached hydrogens (tertiary/aromatic N) is 1. The van der Waals surface area contributed by atoms with E-state index >= 15 is 0 Å². The molecule has 0 heterocycles. The molecule has 0 atom stereocenters. The molecule has 0 spiro atoms. The van der Waals surface area contributed by atoms with Crippen LogP contribution in [-0.4, -0.2) is 0 Å². The molecule has 0 radical (unpaired) electrons. The second kappa shape index (κ2) is 14.3. The van der Waals surface area contributed by atoms with Gasteiger partial charge in [0.2, 0.25) is 0 Å². The molecule has 0 unspecified atom stereocenters. The van der Waals surface area contributed by atoms with Crippen molar-refractivity contribution in [3.63, 3.8) is 0 Å². The molecule has 250 valence electrons. The molecule has 0 N–H and O–H groups in total. The lowest BCUT2D eigenvalue weighted by Crippen LogP contribution is -2.11. The normalized spacial score (nSPS) is 11.0. The summed E-state index contributed by atoms with van der Waals surface area (Å²) in [5, 5.41) is 2.52. The molecular weight excluding hydrogens is 639 g/mol. The van der Waals surface area contributed by atoms with E-state index in [4.69, 9.17) is 0 Å². The van der Waals surface area contributed by atoms with Gasteiger partial charge >= 0.3 is 0 Å². The molecule has 0 aliphatic heterocycles. The van der Waals surface area contributed by atoms with Crippen molar-refractivity contribution in [2.75, 3.05) is 4.90 Å². The van der Waals surface area contributed by atoms with Crippen LogP contribution in [0.2, 0.25) is 0 Å². The standard InChI is InChI=1S/C52H37N/c1-3-13-38(14-4-1)40-25-27-44(28-26-40)51-22-9-10-24-52(51)53(47-33-29-41(30-34-47)39-15-5-2-6-16-39)48-35-31-42(32-36-48)45-19-11-20-46(37-45)50-23-12-18-43-17-7-8-21-49(43)50/h1-37H. The Labute approximate surface area is 311 Å². The molecule has 0 aliphatic carbocycles. The molecule has 0 saturated carbocycles. The summed E-state index contributed by atoms with van der Waals surface area (Å²) in [6.07, 6.45) is 0. The molecule has 1 nitrogen and oxygen atoms in total. The van der Waals surface area contributed by atoms with Crippen molar-refractivity contribution in [1.82, 2.24) is 0 Å². The molecule has 53 heavy (non-hydrogen) atoms. The summed E-state index contributed by atoms with van der Waals surface area (Å²) in [5.74, 6) is 0. The van der Waals surface area contributed by atoms with Crippen LogP contribution < -0.4 is 4.90 Å². The van der Waals surface area contributed by atoms with Crippen LogP contribution in [-0.2, 0) is 0 Å². The van der Waals surface area contributed by atoms with Gasteiger partial charge < -0.3 is 4.90 Å². The predicted molar refractivity (Wildman–Crippen MR) is 226 cm³/mol. The van der Waals surface area contributed by atoms with Gasteiger partial charge in [0.25, 0.3) is 0 Å². The lowest BCUT2D eigenvalue weighted by Gasteiger charge is -2.28. The Balaban J connectivity index is 1.11. The van der Waals surface area contributed by atoms with Crippen molar-refractivity contribution in [2.24, 2.45) is 0 Å². The van der Waals surface area contributed by atoms with E-state index in [1.807, 2.05) is 0 Å². The molecule has 0 fully saturated rings. The Hall–Kier alpha value is -6.96. The quantitative estimate of drug-likeness (QED) is 0.155. The summed E-state index contributed by atoms with van der Waals surface area (Å²) in [6.45, 7) is 0. The van der Waals surface area contributed by atoms with Gasteiger partial charge in [-0.3, -0.25) is 0 Å². The summed E-state index contributed by atoms with van der Waals surface area (Å²) in [7, 11) is 0. The molecule has 9 rings (SSSR count). The van der Waals surface area contributed by atoms with E-state index in [1.165, 1.54) is 66.4 Å². The van der Waals surface area contributed by atoms with E-state index in [0.717, 1.165) is 17.1 Å². The Morgan fingerprint density at radius 1 is 0.245 bits per heavy atom. The number of anilines is 3. The molecule has 1 heteroatoms. The van der Waals surface area contributed by atoms with Crippen molar-refractivity contribution in [3.8, 4) is 55.6 Å². The van der Waals surface area contributed by atoms with Crippen LogP contribution in [0, 0.1) is 0 Å². The Kier molecular flexibility index (Phi) is 8.66. The molecule has 9 aromatic rings. The van der Waals surface area contributed by atoms with E-state index < -0.39 is 0 Å². The van der Waals surface area contributed by atoms with Crippen LogP contribution in [0.4, 0.5) is 17.1 Å². The molecule has 0 bridgehead atoms. The fraction of sp³-hybridized carbons (Fsp3) is 0. The summed E-state index contributed by atoms with van der Waals surface area (Å²) >= 11 is 0. The van der Waals surface area contributed by atoms with E-state index in [0.29, 0.717) is 0 Å². The first-order chi connectivity index (χ1) is 26.3. The first-order valence-electron chi connectivity index (χ1n) is 18.2. The zero-order valence-corrected chi connectivity index (χ0v) is 29.3. The van der Waals surface area contributed by atoms with Crippen molar-refractivity contribution in [3.05, 3.63) is 224 Å². The number of benzene rings is 9. The number of fused-ring (bicyclic) bond motifs is 1. The SMILES string of the molecule is c1ccc(-c2ccc(-c3ccccc3N(c3ccc(-c4ccccc4)cc3)c3ccc(-c4cccc(-c5cccc6ccccc56)c4)cc3)cc2)cc1. The van der Waals surface area contributed by atoms with Gasteiger partial charge in [-0.05, 0) is 97.2 Å². The zero-order chi connectivity index (χ0) is 35.4. The molecule has 0 aliphatic rings. The lowest BCUT2D eigenvalue weighted by atomic mass is 9.95. The number of hydrogen-bond donors (Lipinski definition) is 0. The minimum Gasteiger partial charge on any atom is -0.310 e. The smallest absolute Gasteiger partial charge is 0.0540 e. The third-order valence-electron chi connectivity index (χ3n) is 10.1. The maximum atomic E-state index is 2.38. The Bertz CT molecular complexity index is 2620. The van der Waals surface area contributed by atoms with Gasteiger partial charge in [-0.1, -0.05) is 188 Å². The average molecular weight is 676 g/mol. The third-order valence-corrected chi connectivity index (χ3v) is 10.1. The molecule has 9 aromatic carbocycles. The minimum atomic E-state index is 1.10. The van der Waals surface area contributed by atoms with Gasteiger partial charge in [0, 0.05) is 16.9 Å². The third kappa shape index (κ3) is 6.53. The van der Waals surface area contributed by atoms with E-state index in [1.54, 1.807) is 0 Å². The van der Waals surface area contributed by atoms with E-state index in [2.05, 4.69) is 229 Å². The second-order valence-electron chi connectivity index (χ2n) is 13.4. The van der Waals surface area contributed by atoms with Gasteiger partial charge in [-0.15, -0.1) is 0 Å². The summed E-state index contributed by atoms with van der Waals surface area (Å²) in [4.78, 5) is 2.38. The fourth-order valence-electron chi connectivity index (χ4n) is 7.39. The monoisotopic (exact) mass is 675 g/mol. The first kappa shape index (κ1) is 32.0. The van der Waals surface area contributed by atoms with Gasteiger partial charge in [-0.2, -0.15) is 0 Å². The molecule has 0 aromatic heterocycles. The van der Waals surface area contributed by atoms with Gasteiger partial charge in [0.05, 0.1) is 5.69 Å². The molecule has 0 saturated heterocycles. The Morgan fingerprint density at radius 3 is 1.32 bits per heavy atom. The van der Waals surface area contributed by atoms with Crippen LogP contribution in [0.15, 0.2) is 224 Å². The van der Waals surface area contributed by atoms with E-state index in [-0.39, 0.29) is 0 Å². The maximum absolute atomic E-state index is 2.38. The highest BCUT2D eigenvalue weighted by molar-refractivity contribution is 5.97. The summed E-state index contributed by atoms with van der Waals surface area (Å²) < 4.78 is 0. The minimum absolute atomic E-state index is 1.10. The Morgan fingerprint density at radius 2 is 0.660 bits per heavy atom. The van der Waals surface area contributed by atoms with Crippen LogP contribution in [0.3, 0.4) is 0 Å². The summed E-state index contributed by atoms with van der Waals surface area (Å²) in [5.41, 5.74) is 15.3. The van der Waals surface area contributed by atoms with E-state index in [9.17, 15) is 0 Å². The lowest BCUT2D eigenvalue weighted by molar-refractivity contribution is 1.28. The van der Waals surface area contributed by atoms with Crippen LogP contribution in [0.1, 0.15) is 0 Å². The summed E-state index contributed by atoms with van der Waals surface area (Å²) in [6, 6.07) is 80.8. The highest BCUT2D eigenvalue weighted by Crippen LogP contribution is 2.42. The highest BCUT2D eigenvalue weighted by Gasteiger charge is 2.18. The number of rotatable bonds is 8. The predicted octanol–water partition coefficient (Wildman–Crippen LogP) is 14.6. The van der Waals surface area contributed by atoms with Gasteiger partial charge in [0.1, 0.15) is 0 Å². The zero-order valence-electron chi connectivity index (χ0n) is 29.3. The maximum Gasteiger partial charge on any atom is 0.0540 e. The van der Waals surface area contributed by atoms with Gasteiger partial charge in [0.15, 0.2) is 0 Å². The molecular formula is C52H37N. The highest BCUT2D eigenvalue weighted by atomic mass is 15.1. The first-order valence-corrected chi connectivity index (χ1v) is 18.2. The van der Waals surface area contributed by atoms with Crippen molar-refractivity contribution < 1.29 is 0 Å². The number of hydrogen-bond acceptors (Lipinski definition) is 1. The molecule has 0 amide bonds. The van der Waals surface area contributed by atoms with Gasteiger partial charge in [-0.25, -0.2) is 0 Å². The average Bonchev–Trinajstić information content (AvgIpc) is 3.25. The topological polar surface area (TPSA) is 3.24 Å². The fourth-order valence-corrected chi connectivity index (χ4v) is 7.39. The largest absolute Gasteiger partial charge is 0.310 e. The van der Waals surface area contributed by atoms with Crippen molar-refractivity contribution >= 4 is 27.8 Å². The second-order valence-corrected chi connectivity index (χ2v) is 13.4. The van der Waals surface area contributed by atoms with Crippen LogP contribution in [0.25, 0.3) is 66.4 Å². The van der Waals surface area contributed by atoms with Crippen molar-refractivity contribution in [2.45, 2.75) is 0 Å². The van der Waals surface area contributed by atoms with Crippen LogP contribution >= 0.6 is 0 Å². The number of para-hydroxylation sites is 1. The van der Waals surface area contributed by atoms with Crippen molar-refractivity contribution in [1.29, 1.82) is 0 Å².